The highest BCUT2D eigenvalue weighted by atomic mass is 16.6. The third kappa shape index (κ3) is 2.92. The highest BCUT2D eigenvalue weighted by molar-refractivity contribution is 5.94. The van der Waals surface area contributed by atoms with Gasteiger partial charge in [-0.05, 0) is 56.4 Å². The second-order valence-corrected chi connectivity index (χ2v) is 6.87. The van der Waals surface area contributed by atoms with E-state index in [1.54, 1.807) is 0 Å². The Bertz CT molecular complexity index is 669. The lowest BCUT2D eigenvalue weighted by molar-refractivity contribution is -0.150. The van der Waals surface area contributed by atoms with Gasteiger partial charge in [0.05, 0.1) is 0 Å². The molecule has 0 fully saturated rings. The zero-order chi connectivity index (χ0) is 15.7. The number of carbonyl (C=O) groups excluding carboxylic acids is 1. The Morgan fingerprint density at radius 3 is 2.59 bits per heavy atom. The van der Waals surface area contributed by atoms with Crippen molar-refractivity contribution in [3.05, 3.63) is 70.8 Å². The van der Waals surface area contributed by atoms with E-state index in [0.29, 0.717) is 0 Å². The van der Waals surface area contributed by atoms with Gasteiger partial charge in [-0.1, -0.05) is 42.5 Å². The number of benzene rings is 1. The molecule has 2 heteroatoms. The Balaban J connectivity index is 1.98. The molecule has 22 heavy (non-hydrogen) atoms. The van der Waals surface area contributed by atoms with Gasteiger partial charge in [0.25, 0.3) is 0 Å². The molecule has 2 aliphatic carbocycles. The second-order valence-electron chi connectivity index (χ2n) is 6.87. The number of ether oxygens (including phenoxy) is 1. The van der Waals surface area contributed by atoms with Gasteiger partial charge in [0.1, 0.15) is 5.60 Å². The molecule has 0 aliphatic heterocycles. The largest absolute Gasteiger partial charge is 0.457 e. The number of rotatable bonds is 2. The van der Waals surface area contributed by atoms with E-state index in [9.17, 15) is 4.79 Å². The molecule has 0 amide bonds. The monoisotopic (exact) mass is 294 g/mol. The maximum absolute atomic E-state index is 12.6. The molecular weight excluding hydrogens is 272 g/mol. The highest BCUT2D eigenvalue weighted by Gasteiger charge is 2.34. The first-order chi connectivity index (χ1) is 10.5. The summed E-state index contributed by atoms with van der Waals surface area (Å²) in [6.07, 6.45) is 8.45. The molecule has 2 nitrogen and oxygen atoms in total. The van der Waals surface area contributed by atoms with Crippen molar-refractivity contribution in [2.75, 3.05) is 0 Å². The van der Waals surface area contributed by atoms with E-state index in [0.717, 1.165) is 24.0 Å². The Morgan fingerprint density at radius 2 is 1.91 bits per heavy atom. The van der Waals surface area contributed by atoms with Crippen LogP contribution in [0.1, 0.15) is 45.1 Å². The number of allylic oxidation sites excluding steroid dienone is 5. The van der Waals surface area contributed by atoms with Crippen LogP contribution in [0.25, 0.3) is 0 Å². The molecule has 3 rings (SSSR count). The Kier molecular flexibility index (Phi) is 3.78. The fourth-order valence-electron chi connectivity index (χ4n) is 3.09. The fourth-order valence-corrected chi connectivity index (χ4v) is 3.09. The van der Waals surface area contributed by atoms with Crippen molar-refractivity contribution in [1.29, 1.82) is 0 Å². The Hall–Kier alpha value is -2.09. The minimum absolute atomic E-state index is 0.00241. The first-order valence-electron chi connectivity index (χ1n) is 7.85. The van der Waals surface area contributed by atoms with Crippen LogP contribution in [0.4, 0.5) is 0 Å². The van der Waals surface area contributed by atoms with Crippen LogP contribution in [0, 0.1) is 0 Å². The van der Waals surface area contributed by atoms with Crippen molar-refractivity contribution < 1.29 is 9.53 Å². The molecule has 1 aromatic rings. The summed E-state index contributed by atoms with van der Waals surface area (Å²) in [6.45, 7) is 5.72. The predicted molar refractivity (Wildman–Crippen MR) is 88.5 cm³/mol. The van der Waals surface area contributed by atoms with Gasteiger partial charge < -0.3 is 4.74 Å². The summed E-state index contributed by atoms with van der Waals surface area (Å²) in [4.78, 5) is 12.6. The molecule has 0 radical (unpaired) electrons. The maximum atomic E-state index is 12.6. The molecule has 0 aromatic heterocycles. The normalized spacial score (nSPS) is 20.7. The average Bonchev–Trinajstić information content (AvgIpc) is 2.86. The van der Waals surface area contributed by atoms with Crippen molar-refractivity contribution in [2.24, 2.45) is 0 Å². The van der Waals surface area contributed by atoms with E-state index in [1.165, 1.54) is 11.1 Å². The van der Waals surface area contributed by atoms with Crippen molar-refractivity contribution in [3.8, 4) is 0 Å². The number of esters is 1. The molecule has 1 atom stereocenters. The van der Waals surface area contributed by atoms with Gasteiger partial charge in [0.2, 0.25) is 0 Å². The first-order valence-corrected chi connectivity index (χ1v) is 7.85. The molecule has 0 bridgehead atoms. The van der Waals surface area contributed by atoms with Crippen LogP contribution in [0.2, 0.25) is 0 Å². The molecule has 114 valence electrons. The Morgan fingerprint density at radius 1 is 1.18 bits per heavy atom. The van der Waals surface area contributed by atoms with E-state index in [1.807, 2.05) is 45.0 Å². The molecule has 0 heterocycles. The van der Waals surface area contributed by atoms with E-state index in [-0.39, 0.29) is 11.9 Å². The highest BCUT2D eigenvalue weighted by Crippen LogP contribution is 2.44. The molecule has 1 aromatic carbocycles. The molecule has 0 saturated carbocycles. The van der Waals surface area contributed by atoms with E-state index in [4.69, 9.17) is 4.74 Å². The number of carbonyl (C=O) groups is 1. The summed E-state index contributed by atoms with van der Waals surface area (Å²) in [5.41, 5.74) is 3.96. The van der Waals surface area contributed by atoms with Gasteiger partial charge in [0.15, 0.2) is 0 Å². The molecule has 0 spiro atoms. The minimum Gasteiger partial charge on any atom is -0.457 e. The summed E-state index contributed by atoms with van der Waals surface area (Å²) in [5, 5.41) is 0. The van der Waals surface area contributed by atoms with Gasteiger partial charge in [-0.25, -0.2) is 4.79 Å². The summed E-state index contributed by atoms with van der Waals surface area (Å²) in [6, 6.07) is 10.2. The van der Waals surface area contributed by atoms with Crippen LogP contribution < -0.4 is 0 Å². The van der Waals surface area contributed by atoms with Crippen LogP contribution in [-0.2, 0) is 9.53 Å². The zero-order valence-corrected chi connectivity index (χ0v) is 13.4. The second kappa shape index (κ2) is 5.60. The number of hydrogen-bond donors (Lipinski definition) is 0. The van der Waals surface area contributed by atoms with Crippen LogP contribution in [0.3, 0.4) is 0 Å². The van der Waals surface area contributed by atoms with E-state index < -0.39 is 5.60 Å². The Labute approximate surface area is 132 Å². The molecule has 2 aliphatic rings. The van der Waals surface area contributed by atoms with Gasteiger partial charge in [-0.15, -0.1) is 0 Å². The number of hydrogen-bond acceptors (Lipinski definition) is 2. The summed E-state index contributed by atoms with van der Waals surface area (Å²) < 4.78 is 5.62. The van der Waals surface area contributed by atoms with Crippen molar-refractivity contribution in [3.63, 3.8) is 0 Å². The van der Waals surface area contributed by atoms with Gasteiger partial charge in [0, 0.05) is 11.5 Å². The quantitative estimate of drug-likeness (QED) is 0.739. The summed E-state index contributed by atoms with van der Waals surface area (Å²) in [5.74, 6) is -0.202. The van der Waals surface area contributed by atoms with Crippen LogP contribution in [0.15, 0.2) is 65.3 Å². The van der Waals surface area contributed by atoms with Crippen LogP contribution >= 0.6 is 0 Å². The molecular formula is C20H22O2. The molecule has 0 N–H and O–H groups in total. The van der Waals surface area contributed by atoms with Crippen molar-refractivity contribution in [2.45, 2.75) is 45.1 Å². The standard InChI is InChI=1S/C20H22O2/c1-20(2,3)22-19(21)17-13-15-11-7-8-12-16(15)18(17)14-9-5-4-6-10-14/h4-6,8-10,12-13,18H,7,11H2,1-3H3. The predicted octanol–water partition coefficient (Wildman–Crippen LogP) is 4.70. The lowest BCUT2D eigenvalue weighted by atomic mass is 9.85. The van der Waals surface area contributed by atoms with Crippen LogP contribution in [0.5, 0.6) is 0 Å². The average molecular weight is 294 g/mol. The fraction of sp³-hybridized carbons (Fsp3) is 0.350. The molecule has 1 unspecified atom stereocenters. The smallest absolute Gasteiger partial charge is 0.335 e. The van der Waals surface area contributed by atoms with E-state index >= 15 is 0 Å². The van der Waals surface area contributed by atoms with Crippen molar-refractivity contribution >= 4 is 5.97 Å². The minimum atomic E-state index is -0.474. The SMILES string of the molecule is CC(C)(C)OC(=O)C1=CC2=C(C=CCC2)C1c1ccccc1. The topological polar surface area (TPSA) is 26.3 Å². The maximum Gasteiger partial charge on any atom is 0.335 e. The van der Waals surface area contributed by atoms with Gasteiger partial charge in [-0.3, -0.25) is 0 Å². The summed E-state index contributed by atoms with van der Waals surface area (Å²) in [7, 11) is 0. The lowest BCUT2D eigenvalue weighted by Gasteiger charge is -2.23. The third-order valence-corrected chi connectivity index (χ3v) is 3.97. The summed E-state index contributed by atoms with van der Waals surface area (Å²) >= 11 is 0. The third-order valence-electron chi connectivity index (χ3n) is 3.97. The van der Waals surface area contributed by atoms with Crippen LogP contribution in [-0.4, -0.2) is 11.6 Å². The zero-order valence-electron chi connectivity index (χ0n) is 13.4. The molecule has 0 saturated heterocycles. The van der Waals surface area contributed by atoms with Crippen molar-refractivity contribution in [1.82, 2.24) is 0 Å². The van der Waals surface area contributed by atoms with Gasteiger partial charge in [-0.2, -0.15) is 0 Å². The lowest BCUT2D eigenvalue weighted by Crippen LogP contribution is -2.26. The first kappa shape index (κ1) is 14.8. The van der Waals surface area contributed by atoms with E-state index in [2.05, 4.69) is 24.3 Å². The van der Waals surface area contributed by atoms with Gasteiger partial charge >= 0.3 is 5.97 Å².